The van der Waals surface area contributed by atoms with Crippen LogP contribution in [0.1, 0.15) is 6.42 Å². The average molecular weight is 342 g/mol. The number of rotatable bonds is 3. The van der Waals surface area contributed by atoms with E-state index in [9.17, 15) is 4.79 Å². The zero-order valence-corrected chi connectivity index (χ0v) is 14.5. The van der Waals surface area contributed by atoms with Crippen molar-refractivity contribution in [2.45, 2.75) is 24.7 Å². The predicted octanol–water partition coefficient (Wildman–Crippen LogP) is 1.54. The number of allylic oxidation sites excluding steroid dienone is 5. The van der Waals surface area contributed by atoms with Crippen LogP contribution < -0.4 is 0 Å². The molecular weight excluding hydrogens is 316 g/mol. The van der Waals surface area contributed by atoms with Crippen LogP contribution in [0.15, 0.2) is 48.6 Å². The second-order valence-corrected chi connectivity index (χ2v) is 7.09. The Morgan fingerprint density at radius 3 is 2.48 bits per heavy atom. The van der Waals surface area contributed by atoms with Gasteiger partial charge in [0.05, 0.1) is 6.61 Å². The van der Waals surface area contributed by atoms with Gasteiger partial charge >= 0.3 is 0 Å². The van der Waals surface area contributed by atoms with Crippen LogP contribution in [0.25, 0.3) is 0 Å². The summed E-state index contributed by atoms with van der Waals surface area (Å²) in [6.07, 6.45) is 17.1. The number of nitrogens with zero attached hydrogens (tertiary/aromatic N) is 2. The summed E-state index contributed by atoms with van der Waals surface area (Å²) in [5, 5.41) is 0. The lowest BCUT2D eigenvalue weighted by atomic mass is 10.00. The van der Waals surface area contributed by atoms with Gasteiger partial charge in [-0.15, -0.1) is 0 Å². The third-order valence-corrected chi connectivity index (χ3v) is 5.32. The summed E-state index contributed by atoms with van der Waals surface area (Å²) in [6.45, 7) is 4.83. The Kier molecular flexibility index (Phi) is 5.15. The van der Waals surface area contributed by atoms with Crippen LogP contribution in [-0.2, 0) is 14.3 Å². The van der Waals surface area contributed by atoms with Crippen LogP contribution in [0.2, 0.25) is 0 Å². The van der Waals surface area contributed by atoms with E-state index in [1.165, 1.54) is 0 Å². The molecule has 0 aromatic heterocycles. The normalized spacial score (nSPS) is 35.0. The molecule has 2 fully saturated rings. The van der Waals surface area contributed by atoms with Crippen molar-refractivity contribution in [3.63, 3.8) is 0 Å². The Morgan fingerprint density at radius 1 is 0.960 bits per heavy atom. The second kappa shape index (κ2) is 7.68. The lowest BCUT2D eigenvalue weighted by Crippen LogP contribution is -2.55. The maximum Gasteiger partial charge on any atom is 0.254 e. The van der Waals surface area contributed by atoms with Crippen molar-refractivity contribution in [2.24, 2.45) is 5.92 Å². The molecule has 2 heterocycles. The fourth-order valence-corrected chi connectivity index (χ4v) is 3.85. The molecule has 0 N–H and O–H groups in total. The maximum atomic E-state index is 12.8. The minimum Gasteiger partial charge on any atom is -0.368 e. The molecule has 0 aromatic carbocycles. The summed E-state index contributed by atoms with van der Waals surface area (Å²) in [5.41, 5.74) is 0. The fourth-order valence-electron chi connectivity index (χ4n) is 3.85. The van der Waals surface area contributed by atoms with Crippen molar-refractivity contribution in [1.29, 1.82) is 0 Å². The molecule has 0 bridgehead atoms. The minimum absolute atomic E-state index is 0.0523. The Labute approximate surface area is 149 Å². The number of piperazine rings is 1. The van der Waals surface area contributed by atoms with Gasteiger partial charge in [-0.05, 0) is 12.3 Å². The van der Waals surface area contributed by atoms with Crippen LogP contribution in [0.3, 0.4) is 0 Å². The SMILES string of the molecule is O=C(C1COC2C=CC=CC2O1)N1CCN(CC2C=CC=CC2)CC1. The number of fused-ring (bicyclic) bond motifs is 1. The maximum absolute atomic E-state index is 12.8. The van der Waals surface area contributed by atoms with Gasteiger partial charge in [0.25, 0.3) is 5.91 Å². The average Bonchev–Trinajstić information content (AvgIpc) is 2.68. The lowest BCUT2D eigenvalue weighted by Gasteiger charge is -2.40. The molecule has 4 aliphatic rings. The summed E-state index contributed by atoms with van der Waals surface area (Å²) in [6, 6.07) is 0. The molecule has 5 nitrogen and oxygen atoms in total. The highest BCUT2D eigenvalue weighted by atomic mass is 16.6. The molecule has 5 heteroatoms. The molecule has 134 valence electrons. The molecule has 1 amide bonds. The molecule has 4 atom stereocenters. The zero-order chi connectivity index (χ0) is 17.1. The van der Waals surface area contributed by atoms with E-state index in [1.807, 2.05) is 29.2 Å². The first-order valence-electron chi connectivity index (χ1n) is 9.26. The quantitative estimate of drug-likeness (QED) is 0.780. The van der Waals surface area contributed by atoms with Crippen LogP contribution in [0, 0.1) is 5.92 Å². The molecule has 0 spiro atoms. The van der Waals surface area contributed by atoms with Gasteiger partial charge in [0, 0.05) is 32.7 Å². The molecule has 25 heavy (non-hydrogen) atoms. The largest absolute Gasteiger partial charge is 0.368 e. The molecular formula is C20H26N2O3. The van der Waals surface area contributed by atoms with Gasteiger partial charge in [0.2, 0.25) is 0 Å². The van der Waals surface area contributed by atoms with Gasteiger partial charge in [-0.3, -0.25) is 9.69 Å². The highest BCUT2D eigenvalue weighted by molar-refractivity contribution is 5.81. The third-order valence-electron chi connectivity index (χ3n) is 5.32. The van der Waals surface area contributed by atoms with Crippen molar-refractivity contribution in [1.82, 2.24) is 9.80 Å². The standard InChI is InChI=1S/C20H26N2O3/c23-20(19-15-24-17-8-4-5-9-18(17)25-19)22-12-10-21(11-13-22)14-16-6-2-1-3-7-16/h1-6,8-9,16-19H,7,10-15H2. The molecule has 2 aliphatic carbocycles. The molecule has 4 unspecified atom stereocenters. The van der Waals surface area contributed by atoms with E-state index in [1.54, 1.807) is 0 Å². The Hall–Kier alpha value is -1.69. The highest BCUT2D eigenvalue weighted by Gasteiger charge is 2.36. The Morgan fingerprint density at radius 2 is 1.72 bits per heavy atom. The van der Waals surface area contributed by atoms with Crippen molar-refractivity contribution in [3.8, 4) is 0 Å². The van der Waals surface area contributed by atoms with Crippen molar-refractivity contribution in [2.75, 3.05) is 39.3 Å². The van der Waals surface area contributed by atoms with Crippen LogP contribution >= 0.6 is 0 Å². The summed E-state index contributed by atoms with van der Waals surface area (Å²) < 4.78 is 11.8. The van der Waals surface area contributed by atoms with E-state index in [0.717, 1.165) is 39.1 Å². The van der Waals surface area contributed by atoms with Gasteiger partial charge in [-0.2, -0.15) is 0 Å². The highest BCUT2D eigenvalue weighted by Crippen LogP contribution is 2.22. The predicted molar refractivity (Wildman–Crippen MR) is 96.1 cm³/mol. The number of carbonyl (C=O) groups excluding carboxylic acids is 1. The van der Waals surface area contributed by atoms with Crippen LogP contribution in [-0.4, -0.2) is 73.3 Å². The third kappa shape index (κ3) is 3.94. The van der Waals surface area contributed by atoms with E-state index in [0.29, 0.717) is 12.5 Å². The first kappa shape index (κ1) is 16.8. The minimum atomic E-state index is -0.477. The smallest absolute Gasteiger partial charge is 0.254 e. The van der Waals surface area contributed by atoms with Gasteiger partial charge < -0.3 is 14.4 Å². The van der Waals surface area contributed by atoms with E-state index in [2.05, 4.69) is 29.2 Å². The summed E-state index contributed by atoms with van der Waals surface area (Å²) in [7, 11) is 0. The van der Waals surface area contributed by atoms with Crippen molar-refractivity contribution >= 4 is 5.91 Å². The molecule has 2 aliphatic heterocycles. The molecule has 4 rings (SSSR count). The number of ether oxygens (including phenoxy) is 2. The Balaban J connectivity index is 1.25. The van der Waals surface area contributed by atoms with E-state index >= 15 is 0 Å². The zero-order valence-electron chi connectivity index (χ0n) is 14.5. The number of hydrogen-bond donors (Lipinski definition) is 0. The fraction of sp³-hybridized carbons (Fsp3) is 0.550. The van der Waals surface area contributed by atoms with Gasteiger partial charge in [0.1, 0.15) is 12.2 Å². The number of hydrogen-bond acceptors (Lipinski definition) is 4. The Bertz CT molecular complexity index is 602. The molecule has 0 radical (unpaired) electrons. The molecule has 0 aromatic rings. The van der Waals surface area contributed by atoms with Crippen molar-refractivity contribution < 1.29 is 14.3 Å². The first-order valence-corrected chi connectivity index (χ1v) is 9.26. The van der Waals surface area contributed by atoms with Gasteiger partial charge in [0.15, 0.2) is 6.10 Å². The van der Waals surface area contributed by atoms with Crippen LogP contribution in [0.5, 0.6) is 0 Å². The summed E-state index contributed by atoms with van der Waals surface area (Å²) in [4.78, 5) is 17.2. The van der Waals surface area contributed by atoms with Crippen molar-refractivity contribution in [3.05, 3.63) is 48.6 Å². The topological polar surface area (TPSA) is 42.0 Å². The number of amides is 1. The van der Waals surface area contributed by atoms with E-state index in [4.69, 9.17) is 9.47 Å². The molecule has 0 saturated carbocycles. The van der Waals surface area contributed by atoms with E-state index in [-0.39, 0.29) is 18.1 Å². The van der Waals surface area contributed by atoms with E-state index < -0.39 is 6.10 Å². The second-order valence-electron chi connectivity index (χ2n) is 7.09. The van der Waals surface area contributed by atoms with Crippen LogP contribution in [0.4, 0.5) is 0 Å². The number of carbonyl (C=O) groups is 1. The molecule has 2 saturated heterocycles. The monoisotopic (exact) mass is 342 g/mol. The summed E-state index contributed by atoms with van der Waals surface area (Å²) in [5.74, 6) is 0.673. The van der Waals surface area contributed by atoms with Gasteiger partial charge in [-0.25, -0.2) is 0 Å². The summed E-state index contributed by atoms with van der Waals surface area (Å²) >= 11 is 0. The van der Waals surface area contributed by atoms with Gasteiger partial charge in [-0.1, -0.05) is 48.6 Å². The first-order chi connectivity index (χ1) is 12.3. The lowest BCUT2D eigenvalue weighted by molar-refractivity contribution is -0.177.